The summed E-state index contributed by atoms with van der Waals surface area (Å²) in [5, 5.41) is 9.45. The average molecular weight is 627 g/mol. The van der Waals surface area contributed by atoms with Crippen LogP contribution in [-0.2, 0) is 5.41 Å². The molecule has 228 valence electrons. The summed E-state index contributed by atoms with van der Waals surface area (Å²) in [6, 6.07) is 52.2. The van der Waals surface area contributed by atoms with E-state index in [-0.39, 0.29) is 0 Å². The fraction of sp³-hybridized carbons (Fsp3) is 0.0222. The lowest BCUT2D eigenvalue weighted by atomic mass is 9.65. The summed E-state index contributed by atoms with van der Waals surface area (Å²) >= 11 is 0. The van der Waals surface area contributed by atoms with Crippen LogP contribution in [0.25, 0.3) is 76.7 Å². The van der Waals surface area contributed by atoms with Crippen molar-refractivity contribution in [2.45, 2.75) is 5.41 Å². The maximum absolute atomic E-state index is 6.64. The third-order valence-corrected chi connectivity index (χ3v) is 11.0. The average Bonchev–Trinajstić information content (AvgIpc) is 4.00. The molecule has 12 rings (SSSR count). The third kappa shape index (κ3) is 2.97. The summed E-state index contributed by atoms with van der Waals surface area (Å²) in [7, 11) is 0. The standard InChI is InChI=1S/C45H26N2O2/c1-3-13-27(14-4-1)45(28-15-5-2-6-16-28,35-25-46-41-29(35)19-11-21-33(41)39-31-17-7-9-23-37(31)48-43(39)46)36-26-47-42-30(36)20-12-22-34(42)40-32-18-8-10-24-38(32)49-44(40)47/h1-26H. The Hall–Kier alpha value is -6.52. The fourth-order valence-electron chi connectivity index (χ4n) is 9.12. The number of benzene rings is 6. The predicted octanol–water partition coefficient (Wildman–Crippen LogP) is 11.6. The van der Waals surface area contributed by atoms with Gasteiger partial charge in [-0.1, -0.05) is 133 Å². The molecule has 0 spiro atoms. The van der Waals surface area contributed by atoms with Crippen molar-refractivity contribution in [3.05, 3.63) is 180 Å². The molecular formula is C45H26N2O2. The van der Waals surface area contributed by atoms with Crippen molar-refractivity contribution in [3.8, 4) is 0 Å². The Morgan fingerprint density at radius 3 is 1.22 bits per heavy atom. The van der Waals surface area contributed by atoms with Gasteiger partial charge < -0.3 is 8.83 Å². The van der Waals surface area contributed by atoms with E-state index >= 15 is 0 Å². The first-order valence-corrected chi connectivity index (χ1v) is 16.8. The van der Waals surface area contributed by atoms with Crippen molar-refractivity contribution in [2.24, 2.45) is 0 Å². The lowest BCUT2D eigenvalue weighted by molar-refractivity contribution is 0.648. The quantitative estimate of drug-likeness (QED) is 0.195. The van der Waals surface area contributed by atoms with E-state index in [0.717, 1.165) is 33.4 Å². The van der Waals surface area contributed by atoms with E-state index in [2.05, 4.69) is 155 Å². The molecule has 4 nitrogen and oxygen atoms in total. The van der Waals surface area contributed by atoms with E-state index < -0.39 is 5.41 Å². The van der Waals surface area contributed by atoms with Gasteiger partial charge >= 0.3 is 0 Å². The Bertz CT molecular complexity index is 2990. The number of furan rings is 2. The molecule has 0 bridgehead atoms. The third-order valence-electron chi connectivity index (χ3n) is 11.0. The van der Waals surface area contributed by atoms with Crippen LogP contribution < -0.4 is 0 Å². The number of para-hydroxylation sites is 4. The summed E-state index contributed by atoms with van der Waals surface area (Å²) in [6.07, 6.45) is 4.68. The van der Waals surface area contributed by atoms with Gasteiger partial charge in [-0.15, -0.1) is 0 Å². The van der Waals surface area contributed by atoms with Gasteiger partial charge in [0.25, 0.3) is 0 Å². The fourth-order valence-corrected chi connectivity index (χ4v) is 9.12. The first kappa shape index (κ1) is 25.6. The number of hydrogen-bond donors (Lipinski definition) is 0. The Balaban J connectivity index is 1.29. The van der Waals surface area contributed by atoms with Crippen molar-refractivity contribution in [2.75, 3.05) is 0 Å². The van der Waals surface area contributed by atoms with Gasteiger partial charge in [0.2, 0.25) is 11.4 Å². The Morgan fingerprint density at radius 2 is 0.755 bits per heavy atom. The van der Waals surface area contributed by atoms with Gasteiger partial charge in [0.1, 0.15) is 11.2 Å². The highest BCUT2D eigenvalue weighted by molar-refractivity contribution is 6.24. The van der Waals surface area contributed by atoms with Gasteiger partial charge in [-0.25, -0.2) is 0 Å². The highest BCUT2D eigenvalue weighted by Gasteiger charge is 2.44. The van der Waals surface area contributed by atoms with Crippen molar-refractivity contribution in [3.63, 3.8) is 0 Å². The second kappa shape index (κ2) is 8.88. The van der Waals surface area contributed by atoms with Crippen LogP contribution in [0.5, 0.6) is 0 Å². The van der Waals surface area contributed by atoms with Crippen LogP contribution >= 0.6 is 0 Å². The summed E-state index contributed by atoms with van der Waals surface area (Å²) < 4.78 is 17.9. The Morgan fingerprint density at radius 1 is 0.367 bits per heavy atom. The van der Waals surface area contributed by atoms with E-state index in [1.54, 1.807) is 0 Å². The van der Waals surface area contributed by atoms with Crippen LogP contribution in [0.15, 0.2) is 167 Å². The second-order valence-corrected chi connectivity index (χ2v) is 13.3. The second-order valence-electron chi connectivity index (χ2n) is 13.3. The van der Waals surface area contributed by atoms with Crippen LogP contribution in [0.2, 0.25) is 0 Å². The molecule has 0 fully saturated rings. The summed E-state index contributed by atoms with van der Waals surface area (Å²) in [5.41, 5.74) is 10.1. The van der Waals surface area contributed by atoms with E-state index in [0.29, 0.717) is 0 Å². The topological polar surface area (TPSA) is 35.1 Å². The number of aromatic nitrogens is 2. The van der Waals surface area contributed by atoms with E-state index in [4.69, 9.17) is 8.83 Å². The van der Waals surface area contributed by atoms with Gasteiger partial charge in [0.05, 0.1) is 27.2 Å². The van der Waals surface area contributed by atoms with Gasteiger partial charge in [-0.05, 0) is 34.4 Å². The summed E-state index contributed by atoms with van der Waals surface area (Å²) in [4.78, 5) is 0. The van der Waals surface area contributed by atoms with Crippen molar-refractivity contribution in [1.29, 1.82) is 0 Å². The van der Waals surface area contributed by atoms with Crippen molar-refractivity contribution in [1.82, 2.24) is 8.80 Å². The van der Waals surface area contributed by atoms with Crippen molar-refractivity contribution < 1.29 is 8.83 Å². The SMILES string of the molecule is c1ccc(C(c2ccccc2)(c2cn3c4oc5ccccc5c4c4cccc2c43)c2cn3c4oc5ccccc5c4c4cccc2c43)cc1. The molecule has 0 aliphatic rings. The van der Waals surface area contributed by atoms with E-state index in [1.807, 2.05) is 12.1 Å². The molecule has 6 heterocycles. The predicted molar refractivity (Wildman–Crippen MR) is 199 cm³/mol. The lowest BCUT2D eigenvalue weighted by Crippen LogP contribution is -2.30. The lowest BCUT2D eigenvalue weighted by Gasteiger charge is -2.36. The van der Waals surface area contributed by atoms with E-state index in [9.17, 15) is 0 Å². The number of hydrogen-bond acceptors (Lipinski definition) is 2. The van der Waals surface area contributed by atoms with Gasteiger partial charge in [0, 0.05) is 44.7 Å². The molecule has 0 atom stereocenters. The number of fused-ring (bicyclic) bond motifs is 10. The number of rotatable bonds is 4. The van der Waals surface area contributed by atoms with E-state index in [1.165, 1.54) is 65.6 Å². The van der Waals surface area contributed by atoms with Crippen LogP contribution in [0.3, 0.4) is 0 Å². The molecule has 0 aliphatic carbocycles. The Labute approximate surface area is 279 Å². The molecule has 0 saturated carbocycles. The van der Waals surface area contributed by atoms with Crippen LogP contribution in [-0.4, -0.2) is 8.80 Å². The molecule has 0 unspecified atom stereocenters. The van der Waals surface area contributed by atoms with Crippen LogP contribution in [0.1, 0.15) is 22.3 Å². The first-order valence-electron chi connectivity index (χ1n) is 16.8. The molecule has 0 radical (unpaired) electrons. The smallest absolute Gasteiger partial charge is 0.213 e. The summed E-state index contributed by atoms with van der Waals surface area (Å²) in [5.74, 6) is 0. The molecule has 0 aliphatic heterocycles. The zero-order valence-electron chi connectivity index (χ0n) is 26.2. The summed E-state index contributed by atoms with van der Waals surface area (Å²) in [6.45, 7) is 0. The number of nitrogens with zero attached hydrogens (tertiary/aromatic N) is 2. The molecule has 4 heteroatoms. The highest BCUT2D eigenvalue weighted by Crippen LogP contribution is 2.53. The van der Waals surface area contributed by atoms with Gasteiger partial charge in [-0.2, -0.15) is 0 Å². The van der Waals surface area contributed by atoms with Gasteiger partial charge in [-0.3, -0.25) is 8.80 Å². The van der Waals surface area contributed by atoms with Crippen LogP contribution in [0, 0.1) is 0 Å². The molecule has 0 saturated heterocycles. The molecule has 6 aromatic heterocycles. The first-order chi connectivity index (χ1) is 24.3. The molecular weight excluding hydrogens is 601 g/mol. The molecule has 6 aromatic carbocycles. The Kier molecular flexibility index (Phi) is 4.63. The largest absolute Gasteiger partial charge is 0.439 e. The molecule has 49 heavy (non-hydrogen) atoms. The van der Waals surface area contributed by atoms with Crippen molar-refractivity contribution >= 4 is 76.7 Å². The normalized spacial score (nSPS) is 12.9. The minimum absolute atomic E-state index is 0.681. The maximum atomic E-state index is 6.64. The molecule has 12 aromatic rings. The molecule has 0 amide bonds. The zero-order valence-corrected chi connectivity index (χ0v) is 26.2. The monoisotopic (exact) mass is 626 g/mol. The molecule has 0 N–H and O–H groups in total. The minimum atomic E-state index is -0.681. The van der Waals surface area contributed by atoms with Crippen LogP contribution in [0.4, 0.5) is 0 Å². The van der Waals surface area contributed by atoms with Gasteiger partial charge in [0.15, 0.2) is 0 Å². The maximum Gasteiger partial charge on any atom is 0.213 e. The highest BCUT2D eigenvalue weighted by atomic mass is 16.3. The zero-order chi connectivity index (χ0) is 31.8. The minimum Gasteiger partial charge on any atom is -0.439 e.